The molecule has 0 bridgehead atoms. The molecule has 196 valence electrons. The third-order valence-electron chi connectivity index (χ3n) is 2.93. The summed E-state index contributed by atoms with van der Waals surface area (Å²) >= 11 is 0. The van der Waals surface area contributed by atoms with Gasteiger partial charge in [-0.15, -0.1) is 6.58 Å². The van der Waals surface area contributed by atoms with E-state index >= 15 is 0 Å². The summed E-state index contributed by atoms with van der Waals surface area (Å²) in [6.45, 7) is 10.1. The average molecular weight is 554 g/mol. The van der Waals surface area contributed by atoms with Crippen LogP contribution in [0.15, 0.2) is 35.5 Å². The van der Waals surface area contributed by atoms with Gasteiger partial charge in [0.05, 0.1) is 28.9 Å². The Kier molecular flexibility index (Phi) is 16.6. The fourth-order valence-corrected chi connectivity index (χ4v) is 4.49. The maximum absolute atomic E-state index is 10.9. The molecule has 0 saturated heterocycles. The third-order valence-corrected chi connectivity index (χ3v) is 7.10. The molecular formula is C15H26O14P4-6. The molecule has 18 heteroatoms. The second-order valence-electron chi connectivity index (χ2n) is 6.66. The molecule has 0 amide bonds. The molecular weight excluding hydrogens is 528 g/mol. The molecule has 0 N–H and O–H groups in total. The van der Waals surface area contributed by atoms with E-state index in [1.165, 1.54) is 11.6 Å². The number of allylic oxidation sites excluding steroid dienone is 3. The van der Waals surface area contributed by atoms with Crippen LogP contribution in [0.3, 0.4) is 0 Å². The highest BCUT2D eigenvalue weighted by Crippen LogP contribution is 2.51. The van der Waals surface area contributed by atoms with E-state index in [9.17, 15) is 47.6 Å². The first-order valence-electron chi connectivity index (χ1n) is 8.95. The molecule has 0 saturated carbocycles. The number of phosphoric acid groups is 4. The van der Waals surface area contributed by atoms with Crippen LogP contribution >= 0.6 is 31.3 Å². The summed E-state index contributed by atoms with van der Waals surface area (Å²) < 4.78 is 56.3. The molecule has 0 heterocycles. The van der Waals surface area contributed by atoms with Gasteiger partial charge in [-0.2, -0.15) is 0 Å². The zero-order valence-corrected chi connectivity index (χ0v) is 22.0. The maximum atomic E-state index is 10.9. The van der Waals surface area contributed by atoms with Gasteiger partial charge in [0.2, 0.25) is 0 Å². The lowest BCUT2D eigenvalue weighted by atomic mass is 10.1. The Morgan fingerprint density at radius 1 is 0.758 bits per heavy atom. The Morgan fingerprint density at radius 3 is 1.61 bits per heavy atom. The fraction of sp³-hybridized carbons (Fsp3) is 0.600. The summed E-state index contributed by atoms with van der Waals surface area (Å²) in [4.78, 5) is 61.6. The third kappa shape index (κ3) is 27.9. The first-order valence-corrected chi connectivity index (χ1v) is 14.8. The Bertz CT molecular complexity index is 864. The van der Waals surface area contributed by atoms with Crippen molar-refractivity contribution in [2.24, 2.45) is 0 Å². The second kappa shape index (κ2) is 15.7. The maximum Gasteiger partial charge on any atom is 0.272 e. The topological polar surface area (TPSA) is 244 Å². The van der Waals surface area contributed by atoms with Gasteiger partial charge in [0.25, 0.3) is 15.6 Å². The van der Waals surface area contributed by atoms with Gasteiger partial charge in [-0.1, -0.05) is 28.9 Å². The molecule has 2 atom stereocenters. The Balaban J connectivity index is 0. The van der Waals surface area contributed by atoms with Crippen LogP contribution < -0.4 is 29.4 Å². The lowest BCUT2D eigenvalue weighted by Crippen LogP contribution is -2.19. The predicted octanol–water partition coefficient (Wildman–Crippen LogP) is 0.292. The van der Waals surface area contributed by atoms with Crippen molar-refractivity contribution in [3.05, 3.63) is 35.5 Å². The number of hydrogen-bond acceptors (Lipinski definition) is 14. The summed E-state index contributed by atoms with van der Waals surface area (Å²) in [5, 5.41) is 0. The minimum Gasteiger partial charge on any atom is -0.790 e. The zero-order valence-electron chi connectivity index (χ0n) is 18.4. The first-order chi connectivity index (χ1) is 14.6. The van der Waals surface area contributed by atoms with Crippen molar-refractivity contribution in [3.63, 3.8) is 0 Å². The Labute approximate surface area is 192 Å². The summed E-state index contributed by atoms with van der Waals surface area (Å²) in [6, 6.07) is 0. The van der Waals surface area contributed by atoms with E-state index in [2.05, 4.69) is 24.2 Å². The highest BCUT2D eigenvalue weighted by Gasteiger charge is 2.11. The van der Waals surface area contributed by atoms with E-state index in [0.717, 1.165) is 18.4 Å². The fourth-order valence-electron chi connectivity index (χ4n) is 1.59. The van der Waals surface area contributed by atoms with Crippen molar-refractivity contribution in [2.75, 3.05) is 13.2 Å². The Hall–Kier alpha value is -0.260. The summed E-state index contributed by atoms with van der Waals surface area (Å²) in [5.41, 5.74) is 2.71. The lowest BCUT2D eigenvalue weighted by molar-refractivity contribution is -0.342. The Morgan fingerprint density at radius 2 is 1.21 bits per heavy atom. The molecule has 0 aliphatic rings. The van der Waals surface area contributed by atoms with E-state index in [1.54, 1.807) is 13.8 Å². The highest BCUT2D eigenvalue weighted by atomic mass is 31.3. The smallest absolute Gasteiger partial charge is 0.272 e. The molecule has 0 fully saturated rings. The molecule has 14 nitrogen and oxygen atoms in total. The summed E-state index contributed by atoms with van der Waals surface area (Å²) in [7, 11) is -21.3. The van der Waals surface area contributed by atoms with Gasteiger partial charge < -0.3 is 47.5 Å². The van der Waals surface area contributed by atoms with Crippen molar-refractivity contribution < 1.29 is 65.3 Å². The van der Waals surface area contributed by atoms with Gasteiger partial charge in [-0.05, 0) is 47.0 Å². The van der Waals surface area contributed by atoms with Crippen molar-refractivity contribution >= 4 is 31.3 Å². The highest BCUT2D eigenvalue weighted by molar-refractivity contribution is 7.59. The lowest BCUT2D eigenvalue weighted by Gasteiger charge is -2.35. The molecule has 2 unspecified atom stereocenters. The standard InChI is InChI=1S/C10H20O7P2.C5H12O7P2/c1-9(2)5-4-6-10(3)7-8-16-19(14,15)17-18(11,12)13;1-5(2)3-4-11-14(9,10)12-13(6,7)8/h5,7H,4,6,8H2,1-3H3,(H,14,15)(H2,11,12,13);1,3-4H2,2H3,(H,9,10)(H2,6,7,8)/p-6/b10-7+;. The molecule has 0 rings (SSSR count). The van der Waals surface area contributed by atoms with Gasteiger partial charge in [0.15, 0.2) is 0 Å². The van der Waals surface area contributed by atoms with Crippen LogP contribution in [0.2, 0.25) is 0 Å². The van der Waals surface area contributed by atoms with Crippen LogP contribution in [0, 0.1) is 0 Å². The SMILES string of the molecule is C=C(C)CCOP(=O)([O-])OP(=O)([O-])[O-].CC(C)=CCC/C(C)=C/COP(=O)([O-])OP(=O)([O-])[O-]. The van der Waals surface area contributed by atoms with E-state index in [-0.39, 0.29) is 19.6 Å². The number of rotatable bonds is 14. The van der Waals surface area contributed by atoms with E-state index in [1.807, 2.05) is 19.9 Å². The first kappa shape index (κ1) is 34.9. The van der Waals surface area contributed by atoms with Gasteiger partial charge in [-0.3, -0.25) is 17.8 Å². The molecule has 0 aliphatic heterocycles. The second-order valence-corrected chi connectivity index (χ2v) is 12.1. The van der Waals surface area contributed by atoms with Crippen LogP contribution in [-0.2, 0) is 35.9 Å². The van der Waals surface area contributed by atoms with Crippen LogP contribution in [0.25, 0.3) is 0 Å². The minimum absolute atomic E-state index is 0.220. The zero-order chi connectivity index (χ0) is 26.5. The van der Waals surface area contributed by atoms with Crippen molar-refractivity contribution in [3.8, 4) is 0 Å². The molecule has 0 aromatic carbocycles. The summed E-state index contributed by atoms with van der Waals surface area (Å²) in [5.74, 6) is 0. The molecule has 33 heavy (non-hydrogen) atoms. The molecule has 0 aromatic heterocycles. The monoisotopic (exact) mass is 554 g/mol. The van der Waals surface area contributed by atoms with E-state index in [0.29, 0.717) is 5.57 Å². The molecule has 0 aliphatic carbocycles. The van der Waals surface area contributed by atoms with Gasteiger partial charge in [0, 0.05) is 0 Å². The van der Waals surface area contributed by atoms with Gasteiger partial charge in [0.1, 0.15) is 0 Å². The quantitative estimate of drug-likeness (QED) is 0.207. The van der Waals surface area contributed by atoms with Crippen LogP contribution in [0.1, 0.15) is 47.0 Å². The van der Waals surface area contributed by atoms with Crippen molar-refractivity contribution in [1.29, 1.82) is 0 Å². The van der Waals surface area contributed by atoms with Crippen LogP contribution in [0.4, 0.5) is 0 Å². The number of hydrogen-bond donors (Lipinski definition) is 0. The normalized spacial score (nSPS) is 16.1. The average Bonchev–Trinajstić information content (AvgIpc) is 2.49. The van der Waals surface area contributed by atoms with Crippen LogP contribution in [-0.4, -0.2) is 13.2 Å². The van der Waals surface area contributed by atoms with Crippen LogP contribution in [0.5, 0.6) is 0 Å². The van der Waals surface area contributed by atoms with Gasteiger partial charge >= 0.3 is 0 Å². The minimum atomic E-state index is -5.61. The van der Waals surface area contributed by atoms with Crippen molar-refractivity contribution in [1.82, 2.24) is 0 Å². The van der Waals surface area contributed by atoms with Crippen molar-refractivity contribution in [2.45, 2.75) is 47.0 Å². The van der Waals surface area contributed by atoms with E-state index < -0.39 is 31.3 Å². The molecule has 0 aromatic rings. The predicted molar refractivity (Wildman–Crippen MR) is 106 cm³/mol. The molecule has 0 spiro atoms. The van der Waals surface area contributed by atoms with E-state index in [4.69, 9.17) is 0 Å². The molecule has 0 radical (unpaired) electrons. The summed E-state index contributed by atoms with van der Waals surface area (Å²) in [6.07, 6.45) is 5.27. The largest absolute Gasteiger partial charge is 0.790 e. The van der Waals surface area contributed by atoms with Gasteiger partial charge in [-0.25, -0.2) is 0 Å². The number of phosphoric ester groups is 2.